The molecule has 0 aliphatic heterocycles. The Balaban J connectivity index is 3.01. The van der Waals surface area contributed by atoms with Crippen molar-refractivity contribution in [1.82, 2.24) is 10.0 Å². The van der Waals surface area contributed by atoms with Crippen LogP contribution in [-0.2, 0) is 25.6 Å². The van der Waals surface area contributed by atoms with Gasteiger partial charge in [-0.3, -0.25) is 4.79 Å². The van der Waals surface area contributed by atoms with E-state index in [2.05, 4.69) is 6.58 Å². The summed E-state index contributed by atoms with van der Waals surface area (Å²) in [6.45, 7) is 9.87. The van der Waals surface area contributed by atoms with Gasteiger partial charge in [0.05, 0.1) is 13.2 Å². The molecule has 0 atom stereocenters. The number of nitrogens with zero attached hydrogens (tertiary/aromatic N) is 2. The zero-order valence-corrected chi connectivity index (χ0v) is 16.8. The highest BCUT2D eigenvalue weighted by molar-refractivity contribution is 5.80. The van der Waals surface area contributed by atoms with Gasteiger partial charge in [-0.05, 0) is 33.3 Å². The van der Waals surface area contributed by atoms with E-state index < -0.39 is 30.3 Å². The molecule has 0 radical (unpaired) electrons. The second-order valence-electron chi connectivity index (χ2n) is 6.75. The number of rotatable bonds is 7. The highest BCUT2D eigenvalue weighted by Gasteiger charge is 2.32. The highest BCUT2D eigenvalue weighted by Crippen LogP contribution is 2.14. The van der Waals surface area contributed by atoms with Crippen LogP contribution < -0.4 is 0 Å². The monoisotopic (exact) mass is 392 g/mol. The van der Waals surface area contributed by atoms with Gasteiger partial charge in [0.1, 0.15) is 18.8 Å². The van der Waals surface area contributed by atoms with Gasteiger partial charge in [0.25, 0.3) is 0 Å². The Morgan fingerprint density at radius 2 is 1.68 bits per heavy atom. The molecule has 8 nitrogen and oxygen atoms in total. The van der Waals surface area contributed by atoms with Crippen molar-refractivity contribution < 1.29 is 28.6 Å². The summed E-state index contributed by atoms with van der Waals surface area (Å²) in [7, 11) is 0. The first kappa shape index (κ1) is 23.0. The summed E-state index contributed by atoms with van der Waals surface area (Å²) in [5.41, 5.74) is -0.0282. The fourth-order valence-electron chi connectivity index (χ4n) is 2.08. The molecule has 0 bridgehead atoms. The zero-order valence-electron chi connectivity index (χ0n) is 16.8. The van der Waals surface area contributed by atoms with Crippen molar-refractivity contribution in [2.24, 2.45) is 0 Å². The lowest BCUT2D eigenvalue weighted by molar-refractivity contribution is -0.147. The third kappa shape index (κ3) is 8.11. The lowest BCUT2D eigenvalue weighted by Gasteiger charge is -2.33. The number of carbonyl (C=O) groups is 3. The summed E-state index contributed by atoms with van der Waals surface area (Å²) in [5.74, 6) is -0.684. The molecule has 0 unspecified atom stereocenters. The van der Waals surface area contributed by atoms with Crippen LogP contribution in [0.25, 0.3) is 0 Å². The van der Waals surface area contributed by atoms with E-state index in [4.69, 9.17) is 14.2 Å². The molecule has 1 rings (SSSR count). The molecule has 8 heteroatoms. The van der Waals surface area contributed by atoms with Crippen LogP contribution in [0.1, 0.15) is 33.3 Å². The first-order valence-electron chi connectivity index (χ1n) is 8.93. The van der Waals surface area contributed by atoms with Crippen LogP contribution in [0.2, 0.25) is 0 Å². The van der Waals surface area contributed by atoms with Gasteiger partial charge in [-0.1, -0.05) is 36.4 Å². The van der Waals surface area contributed by atoms with E-state index >= 15 is 0 Å². The quantitative estimate of drug-likeness (QED) is 0.305. The minimum absolute atomic E-state index is 0.0186. The van der Waals surface area contributed by atoms with Crippen molar-refractivity contribution in [2.45, 2.75) is 39.9 Å². The van der Waals surface area contributed by atoms with Gasteiger partial charge in [0, 0.05) is 0 Å². The van der Waals surface area contributed by atoms with Crippen LogP contribution in [0.3, 0.4) is 0 Å². The predicted octanol–water partition coefficient (Wildman–Crippen LogP) is 3.53. The number of amides is 2. The predicted molar refractivity (Wildman–Crippen MR) is 103 cm³/mol. The Hall–Kier alpha value is -3.03. The lowest BCUT2D eigenvalue weighted by Crippen LogP contribution is -2.53. The second kappa shape index (κ2) is 11.0. The molecule has 1 aromatic carbocycles. The standard InChI is InChI=1S/C20H28N2O6/c1-6-13-21(19(25)28-20(3,4)5)22(14-17(23)26-7-2)18(24)27-15-16-11-9-8-10-12-16/h6,8-12H,1,7,13-15H2,2-5H3. The lowest BCUT2D eigenvalue weighted by atomic mass is 10.2. The summed E-state index contributed by atoms with van der Waals surface area (Å²) < 4.78 is 15.5. The van der Waals surface area contributed by atoms with Crippen molar-refractivity contribution in [3.63, 3.8) is 0 Å². The molecule has 0 saturated carbocycles. The Kier molecular flexibility index (Phi) is 9.01. The zero-order chi connectivity index (χ0) is 21.2. The van der Waals surface area contributed by atoms with Gasteiger partial charge < -0.3 is 14.2 Å². The number of hydrogen-bond donors (Lipinski definition) is 0. The van der Waals surface area contributed by atoms with Crippen LogP contribution in [0.4, 0.5) is 9.59 Å². The normalized spacial score (nSPS) is 10.6. The first-order valence-corrected chi connectivity index (χ1v) is 8.93. The molecule has 0 spiro atoms. The maximum absolute atomic E-state index is 12.7. The Morgan fingerprint density at radius 3 is 2.21 bits per heavy atom. The summed E-state index contributed by atoms with van der Waals surface area (Å²) in [5, 5.41) is 1.82. The SMILES string of the molecule is C=CCN(C(=O)OC(C)(C)C)N(CC(=O)OCC)C(=O)OCc1ccccc1. The molecule has 28 heavy (non-hydrogen) atoms. The largest absolute Gasteiger partial charge is 0.465 e. The minimum Gasteiger partial charge on any atom is -0.465 e. The molecule has 0 aliphatic rings. The van der Waals surface area contributed by atoms with E-state index in [0.717, 1.165) is 15.6 Å². The number of hydrogen-bond acceptors (Lipinski definition) is 6. The van der Waals surface area contributed by atoms with Crippen molar-refractivity contribution >= 4 is 18.2 Å². The molecule has 0 fully saturated rings. The van der Waals surface area contributed by atoms with E-state index in [-0.39, 0.29) is 19.8 Å². The van der Waals surface area contributed by atoms with Crippen molar-refractivity contribution in [3.8, 4) is 0 Å². The molecule has 2 amide bonds. The molecule has 0 aliphatic carbocycles. The number of benzene rings is 1. The summed E-state index contributed by atoms with van der Waals surface area (Å²) >= 11 is 0. The van der Waals surface area contributed by atoms with E-state index in [0.29, 0.717) is 0 Å². The van der Waals surface area contributed by atoms with Gasteiger partial charge in [0.15, 0.2) is 0 Å². The van der Waals surface area contributed by atoms with Gasteiger partial charge >= 0.3 is 18.2 Å². The molecule has 0 aromatic heterocycles. The Bertz CT molecular complexity index is 669. The molecule has 0 heterocycles. The molecule has 0 saturated heterocycles. The average Bonchev–Trinajstić information content (AvgIpc) is 2.62. The average molecular weight is 392 g/mol. The summed E-state index contributed by atoms with van der Waals surface area (Å²) in [4.78, 5) is 37.2. The number of carbonyl (C=O) groups excluding carboxylic acids is 3. The molecule has 0 N–H and O–H groups in total. The smallest absolute Gasteiger partial charge is 0.429 e. The van der Waals surface area contributed by atoms with Crippen LogP contribution in [-0.4, -0.2) is 53.5 Å². The Labute approximate surface area is 165 Å². The van der Waals surface area contributed by atoms with E-state index in [9.17, 15) is 14.4 Å². The fourth-order valence-corrected chi connectivity index (χ4v) is 2.08. The highest BCUT2D eigenvalue weighted by atomic mass is 16.6. The van der Waals surface area contributed by atoms with E-state index in [1.807, 2.05) is 18.2 Å². The molecular formula is C20H28N2O6. The van der Waals surface area contributed by atoms with Gasteiger partial charge in [0.2, 0.25) is 0 Å². The van der Waals surface area contributed by atoms with Crippen LogP contribution in [0, 0.1) is 0 Å². The molecular weight excluding hydrogens is 364 g/mol. The van der Waals surface area contributed by atoms with Crippen molar-refractivity contribution in [1.29, 1.82) is 0 Å². The maximum atomic E-state index is 12.7. The number of hydrazine groups is 1. The van der Waals surface area contributed by atoms with Crippen LogP contribution >= 0.6 is 0 Å². The van der Waals surface area contributed by atoms with Crippen LogP contribution in [0.5, 0.6) is 0 Å². The number of ether oxygens (including phenoxy) is 3. The summed E-state index contributed by atoms with van der Waals surface area (Å²) in [6.07, 6.45) is -0.287. The second-order valence-corrected chi connectivity index (χ2v) is 6.75. The number of esters is 1. The van der Waals surface area contributed by atoms with Gasteiger partial charge in [-0.25, -0.2) is 19.6 Å². The van der Waals surface area contributed by atoms with Crippen molar-refractivity contribution in [3.05, 3.63) is 48.6 Å². The van der Waals surface area contributed by atoms with E-state index in [1.54, 1.807) is 39.8 Å². The molecule has 154 valence electrons. The Morgan fingerprint density at radius 1 is 1.04 bits per heavy atom. The third-order valence-corrected chi connectivity index (χ3v) is 3.20. The van der Waals surface area contributed by atoms with E-state index in [1.165, 1.54) is 6.08 Å². The van der Waals surface area contributed by atoms with Gasteiger partial charge in [-0.2, -0.15) is 0 Å². The van der Waals surface area contributed by atoms with Crippen molar-refractivity contribution in [2.75, 3.05) is 19.7 Å². The fraction of sp³-hybridized carbons (Fsp3) is 0.450. The van der Waals surface area contributed by atoms with Gasteiger partial charge in [-0.15, -0.1) is 6.58 Å². The third-order valence-electron chi connectivity index (χ3n) is 3.20. The maximum Gasteiger partial charge on any atom is 0.429 e. The van der Waals surface area contributed by atoms with Crippen LogP contribution in [0.15, 0.2) is 43.0 Å². The summed E-state index contributed by atoms with van der Waals surface area (Å²) in [6, 6.07) is 9.04. The first-order chi connectivity index (χ1) is 13.2. The minimum atomic E-state index is -0.885. The topological polar surface area (TPSA) is 85.4 Å². The molecule has 1 aromatic rings.